The molecule has 0 aliphatic heterocycles. The molecule has 5 heteroatoms. The molecule has 0 atom stereocenters. The van der Waals surface area contributed by atoms with E-state index in [0.717, 1.165) is 22.0 Å². The normalized spacial score (nSPS) is 10.5. The van der Waals surface area contributed by atoms with Crippen LogP contribution in [-0.4, -0.2) is 9.97 Å². The summed E-state index contributed by atoms with van der Waals surface area (Å²) in [5.41, 5.74) is 2.09. The quantitative estimate of drug-likeness (QED) is 0.618. The number of hydrogen-bond donors (Lipinski definition) is 0. The van der Waals surface area contributed by atoms with Crippen molar-refractivity contribution in [1.29, 1.82) is 0 Å². The second-order valence-electron chi connectivity index (χ2n) is 3.57. The van der Waals surface area contributed by atoms with Crippen molar-refractivity contribution in [2.75, 3.05) is 0 Å². The van der Waals surface area contributed by atoms with E-state index in [1.165, 1.54) is 0 Å². The molecule has 1 aromatic carbocycles. The van der Waals surface area contributed by atoms with E-state index < -0.39 is 0 Å². The molecule has 1 aromatic heterocycles. The molecule has 0 N–H and O–H groups in total. The maximum Gasteiger partial charge on any atom is 0.187 e. The van der Waals surface area contributed by atoms with Crippen LogP contribution in [0, 0.1) is 6.92 Å². The van der Waals surface area contributed by atoms with Crippen LogP contribution in [0.25, 0.3) is 0 Å². The van der Waals surface area contributed by atoms with Crippen molar-refractivity contribution in [2.24, 2.45) is 0 Å². The van der Waals surface area contributed by atoms with Crippen molar-refractivity contribution in [3.05, 3.63) is 51.8 Å². The fourth-order valence-electron chi connectivity index (χ4n) is 1.24. The summed E-state index contributed by atoms with van der Waals surface area (Å²) in [6.45, 7) is 1.96. The third-order valence-corrected chi connectivity index (χ3v) is 3.64. The van der Waals surface area contributed by atoms with Crippen LogP contribution in [0.3, 0.4) is 0 Å². The Morgan fingerprint density at radius 1 is 1.18 bits per heavy atom. The van der Waals surface area contributed by atoms with Gasteiger partial charge in [-0.2, -0.15) is 0 Å². The van der Waals surface area contributed by atoms with Crippen molar-refractivity contribution in [3.63, 3.8) is 0 Å². The first kappa shape index (κ1) is 12.7. The fraction of sp³-hybridized carbons (Fsp3) is 0.167. The smallest absolute Gasteiger partial charge is 0.187 e. The molecule has 0 spiro atoms. The minimum Gasteiger partial charge on any atom is -0.231 e. The summed E-state index contributed by atoms with van der Waals surface area (Å²) in [4.78, 5) is 8.45. The van der Waals surface area contributed by atoms with Crippen molar-refractivity contribution < 1.29 is 0 Å². The van der Waals surface area contributed by atoms with Crippen molar-refractivity contribution in [1.82, 2.24) is 9.97 Å². The van der Waals surface area contributed by atoms with Crippen LogP contribution < -0.4 is 0 Å². The number of rotatable bonds is 3. The van der Waals surface area contributed by atoms with Gasteiger partial charge in [0.25, 0.3) is 0 Å². The molecule has 2 nitrogen and oxygen atoms in total. The molecule has 1 heterocycles. The molecule has 88 valence electrons. The third kappa shape index (κ3) is 3.60. The van der Waals surface area contributed by atoms with Gasteiger partial charge in [-0.15, -0.1) is 0 Å². The molecular weight excluding hydrogens is 275 g/mol. The van der Waals surface area contributed by atoms with E-state index in [4.69, 9.17) is 23.2 Å². The maximum atomic E-state index is 6.08. The molecule has 0 amide bonds. The van der Waals surface area contributed by atoms with E-state index in [9.17, 15) is 0 Å². The highest BCUT2D eigenvalue weighted by atomic mass is 35.5. The lowest BCUT2D eigenvalue weighted by Crippen LogP contribution is -1.88. The number of aryl methyl sites for hydroxylation is 1. The summed E-state index contributed by atoms with van der Waals surface area (Å²) in [6, 6.07) is 5.50. The maximum absolute atomic E-state index is 6.08. The standard InChI is InChI=1S/C12H10Cl2N2S/c1-8-5-15-12(16-6-8)17-7-9-2-3-10(13)4-11(9)14/h2-6H,7H2,1H3. The van der Waals surface area contributed by atoms with E-state index in [1.807, 2.05) is 19.1 Å². The summed E-state index contributed by atoms with van der Waals surface area (Å²) in [6.07, 6.45) is 3.61. The first-order valence-electron chi connectivity index (χ1n) is 5.00. The number of aromatic nitrogens is 2. The van der Waals surface area contributed by atoms with Gasteiger partial charge in [0.1, 0.15) is 0 Å². The highest BCUT2D eigenvalue weighted by molar-refractivity contribution is 7.98. The Morgan fingerprint density at radius 2 is 1.88 bits per heavy atom. The van der Waals surface area contributed by atoms with Crippen LogP contribution in [0.1, 0.15) is 11.1 Å². The van der Waals surface area contributed by atoms with E-state index in [-0.39, 0.29) is 0 Å². The van der Waals surface area contributed by atoms with E-state index in [0.29, 0.717) is 10.0 Å². The zero-order valence-electron chi connectivity index (χ0n) is 9.15. The van der Waals surface area contributed by atoms with E-state index >= 15 is 0 Å². The van der Waals surface area contributed by atoms with Gasteiger partial charge in [-0.1, -0.05) is 41.0 Å². The predicted molar refractivity (Wildman–Crippen MR) is 72.8 cm³/mol. The van der Waals surface area contributed by atoms with Gasteiger partial charge in [-0.05, 0) is 30.2 Å². The van der Waals surface area contributed by atoms with Gasteiger partial charge < -0.3 is 0 Å². The molecule has 0 unspecified atom stereocenters. The Hall–Kier alpha value is -0.770. The predicted octanol–water partition coefficient (Wildman–Crippen LogP) is 4.38. The lowest BCUT2D eigenvalue weighted by Gasteiger charge is -2.03. The van der Waals surface area contributed by atoms with Gasteiger partial charge in [0.2, 0.25) is 0 Å². The minimum absolute atomic E-state index is 0.648. The molecular formula is C12H10Cl2N2S. The van der Waals surface area contributed by atoms with Gasteiger partial charge in [-0.25, -0.2) is 9.97 Å². The van der Waals surface area contributed by atoms with Crippen LogP contribution in [0.2, 0.25) is 10.0 Å². The van der Waals surface area contributed by atoms with Crippen molar-refractivity contribution in [3.8, 4) is 0 Å². The van der Waals surface area contributed by atoms with Crippen LogP contribution in [0.4, 0.5) is 0 Å². The number of hydrogen-bond acceptors (Lipinski definition) is 3. The lowest BCUT2D eigenvalue weighted by molar-refractivity contribution is 0.949. The molecule has 0 aliphatic carbocycles. The van der Waals surface area contributed by atoms with Crippen LogP contribution in [0.5, 0.6) is 0 Å². The van der Waals surface area contributed by atoms with Gasteiger partial charge in [0, 0.05) is 28.2 Å². The van der Waals surface area contributed by atoms with Crippen molar-refractivity contribution in [2.45, 2.75) is 17.8 Å². The molecule has 0 aliphatic rings. The highest BCUT2D eigenvalue weighted by Crippen LogP contribution is 2.26. The molecule has 2 rings (SSSR count). The van der Waals surface area contributed by atoms with Crippen LogP contribution in [-0.2, 0) is 5.75 Å². The Balaban J connectivity index is 2.04. The number of benzene rings is 1. The molecule has 2 aromatic rings. The van der Waals surface area contributed by atoms with E-state index in [1.54, 1.807) is 30.2 Å². The molecule has 17 heavy (non-hydrogen) atoms. The summed E-state index contributed by atoms with van der Waals surface area (Å²) >= 11 is 13.5. The molecule has 0 bridgehead atoms. The van der Waals surface area contributed by atoms with Gasteiger partial charge in [0.15, 0.2) is 5.16 Å². The van der Waals surface area contributed by atoms with Crippen LogP contribution >= 0.6 is 35.0 Å². The zero-order valence-corrected chi connectivity index (χ0v) is 11.5. The average molecular weight is 285 g/mol. The van der Waals surface area contributed by atoms with Crippen molar-refractivity contribution >= 4 is 35.0 Å². The second kappa shape index (κ2) is 5.71. The Kier molecular flexibility index (Phi) is 4.26. The van der Waals surface area contributed by atoms with Gasteiger partial charge in [0.05, 0.1) is 0 Å². The number of nitrogens with zero attached hydrogens (tertiary/aromatic N) is 2. The highest BCUT2D eigenvalue weighted by Gasteiger charge is 2.03. The average Bonchev–Trinajstić information content (AvgIpc) is 2.30. The third-order valence-electron chi connectivity index (χ3n) is 2.13. The SMILES string of the molecule is Cc1cnc(SCc2ccc(Cl)cc2Cl)nc1. The topological polar surface area (TPSA) is 25.8 Å². The molecule has 0 fully saturated rings. The Labute approximate surface area is 114 Å². The first-order chi connectivity index (χ1) is 8.15. The molecule has 0 saturated carbocycles. The Morgan fingerprint density at radius 3 is 2.53 bits per heavy atom. The van der Waals surface area contributed by atoms with E-state index in [2.05, 4.69) is 9.97 Å². The monoisotopic (exact) mass is 284 g/mol. The zero-order chi connectivity index (χ0) is 12.3. The fourth-order valence-corrected chi connectivity index (χ4v) is 2.58. The summed E-state index contributed by atoms with van der Waals surface area (Å²) in [5.74, 6) is 0.735. The first-order valence-corrected chi connectivity index (χ1v) is 6.74. The summed E-state index contributed by atoms with van der Waals surface area (Å²) in [7, 11) is 0. The minimum atomic E-state index is 0.648. The Bertz CT molecular complexity index is 514. The second-order valence-corrected chi connectivity index (χ2v) is 5.35. The van der Waals surface area contributed by atoms with Gasteiger partial charge >= 0.3 is 0 Å². The lowest BCUT2D eigenvalue weighted by atomic mass is 10.2. The van der Waals surface area contributed by atoms with Crippen LogP contribution in [0.15, 0.2) is 35.7 Å². The molecule has 0 radical (unpaired) electrons. The van der Waals surface area contributed by atoms with Gasteiger partial charge in [-0.3, -0.25) is 0 Å². The summed E-state index contributed by atoms with van der Waals surface area (Å²) < 4.78 is 0. The summed E-state index contributed by atoms with van der Waals surface area (Å²) in [5, 5.41) is 2.08. The number of halogens is 2. The molecule has 0 saturated heterocycles. The largest absolute Gasteiger partial charge is 0.231 e. The number of thioether (sulfide) groups is 1.